The molecule has 0 radical (unpaired) electrons. The number of carbonyl (C=O) groups is 1. The molecule has 0 saturated carbocycles. The van der Waals surface area contributed by atoms with Crippen LogP contribution in [-0.2, 0) is 0 Å². The maximum absolute atomic E-state index is 12.3. The Bertz CT molecular complexity index is 608. The zero-order chi connectivity index (χ0) is 14.0. The number of nitrogens with zero attached hydrogens (tertiary/aromatic N) is 1. The second-order valence-electron chi connectivity index (χ2n) is 4.85. The van der Waals surface area contributed by atoms with E-state index in [4.69, 9.17) is 5.73 Å². The number of hydrogen-bond donors (Lipinski definition) is 2. The van der Waals surface area contributed by atoms with E-state index in [2.05, 4.69) is 0 Å². The van der Waals surface area contributed by atoms with Gasteiger partial charge in [0.25, 0.3) is 5.91 Å². The highest BCUT2D eigenvalue weighted by atomic mass is 16.3. The van der Waals surface area contributed by atoms with Crippen molar-refractivity contribution in [3.63, 3.8) is 0 Å². The van der Waals surface area contributed by atoms with Gasteiger partial charge in [-0.1, -0.05) is 30.3 Å². The monoisotopic (exact) mass is 258 g/mol. The lowest BCUT2D eigenvalue weighted by Crippen LogP contribution is -2.36. The molecule has 1 atom stereocenters. The lowest BCUT2D eigenvalue weighted by atomic mass is 10.0. The first kappa shape index (κ1) is 13.4. The average Bonchev–Trinajstić information content (AvgIpc) is 2.38. The highest BCUT2D eigenvalue weighted by molar-refractivity contribution is 6.03. The lowest BCUT2D eigenvalue weighted by Gasteiger charge is -2.20. The van der Waals surface area contributed by atoms with Crippen LogP contribution in [0.25, 0.3) is 10.8 Å². The van der Waals surface area contributed by atoms with Crippen molar-refractivity contribution in [2.24, 2.45) is 5.73 Å². The van der Waals surface area contributed by atoms with Crippen molar-refractivity contribution in [1.82, 2.24) is 4.90 Å². The molecule has 1 unspecified atom stereocenters. The number of carbonyl (C=O) groups excluding carboxylic acids is 1. The summed E-state index contributed by atoms with van der Waals surface area (Å²) < 4.78 is 0. The first-order chi connectivity index (χ1) is 9.00. The molecule has 2 rings (SSSR count). The fourth-order valence-corrected chi connectivity index (χ4v) is 2.15. The van der Waals surface area contributed by atoms with Crippen LogP contribution in [0.1, 0.15) is 17.3 Å². The number of likely N-dealkylation sites (N-methyl/N-ethyl adjacent to an activating group) is 1. The molecule has 0 aliphatic heterocycles. The molecule has 3 N–H and O–H groups in total. The molecule has 0 bridgehead atoms. The summed E-state index contributed by atoms with van der Waals surface area (Å²) in [6.07, 6.45) is 0. The molecule has 0 heterocycles. The van der Waals surface area contributed by atoms with Gasteiger partial charge in [0.05, 0.1) is 5.56 Å². The van der Waals surface area contributed by atoms with Gasteiger partial charge in [-0.3, -0.25) is 4.79 Å². The molecule has 0 spiro atoms. The maximum Gasteiger partial charge on any atom is 0.257 e. The van der Waals surface area contributed by atoms with Crippen LogP contribution in [0.4, 0.5) is 0 Å². The second kappa shape index (κ2) is 5.28. The molecule has 2 aromatic carbocycles. The topological polar surface area (TPSA) is 66.6 Å². The van der Waals surface area contributed by atoms with Crippen molar-refractivity contribution < 1.29 is 9.90 Å². The van der Waals surface area contributed by atoms with Gasteiger partial charge in [-0.15, -0.1) is 0 Å². The second-order valence-corrected chi connectivity index (χ2v) is 4.85. The molecule has 1 amide bonds. The zero-order valence-electron chi connectivity index (χ0n) is 11.1. The molecule has 2 aromatic rings. The summed E-state index contributed by atoms with van der Waals surface area (Å²) in [7, 11) is 1.68. The van der Waals surface area contributed by atoms with E-state index in [0.717, 1.165) is 5.39 Å². The van der Waals surface area contributed by atoms with Gasteiger partial charge < -0.3 is 15.7 Å². The van der Waals surface area contributed by atoms with E-state index in [9.17, 15) is 9.90 Å². The number of phenolic OH excluding ortho intramolecular Hbond substituents is 1. The molecule has 0 fully saturated rings. The number of rotatable bonds is 3. The Labute approximate surface area is 112 Å². The first-order valence-electron chi connectivity index (χ1n) is 6.22. The molecule has 0 aliphatic carbocycles. The number of phenols is 1. The molecule has 0 aromatic heterocycles. The van der Waals surface area contributed by atoms with Crippen molar-refractivity contribution in [1.29, 1.82) is 0 Å². The van der Waals surface area contributed by atoms with Crippen molar-refractivity contribution in [2.45, 2.75) is 13.0 Å². The van der Waals surface area contributed by atoms with Crippen LogP contribution in [0.3, 0.4) is 0 Å². The Balaban J connectivity index is 2.40. The predicted octanol–water partition coefficient (Wildman–Crippen LogP) is 1.96. The quantitative estimate of drug-likeness (QED) is 0.884. The Morgan fingerprint density at radius 2 is 2.00 bits per heavy atom. The number of fused-ring (bicyclic) bond motifs is 1. The number of benzene rings is 2. The van der Waals surface area contributed by atoms with Crippen LogP contribution in [0.2, 0.25) is 0 Å². The maximum atomic E-state index is 12.3. The Morgan fingerprint density at radius 3 is 2.68 bits per heavy atom. The van der Waals surface area contributed by atoms with E-state index in [-0.39, 0.29) is 17.7 Å². The van der Waals surface area contributed by atoms with E-state index in [0.29, 0.717) is 17.5 Å². The summed E-state index contributed by atoms with van der Waals surface area (Å²) >= 11 is 0. The van der Waals surface area contributed by atoms with Gasteiger partial charge in [-0.05, 0) is 18.4 Å². The Morgan fingerprint density at radius 1 is 1.32 bits per heavy atom. The summed E-state index contributed by atoms with van der Waals surface area (Å²) in [5.74, 6) is -0.194. The van der Waals surface area contributed by atoms with Gasteiger partial charge in [0, 0.05) is 25.0 Å². The lowest BCUT2D eigenvalue weighted by molar-refractivity contribution is 0.0786. The van der Waals surface area contributed by atoms with Crippen LogP contribution >= 0.6 is 0 Å². The predicted molar refractivity (Wildman–Crippen MR) is 76.2 cm³/mol. The fraction of sp³-hybridized carbons (Fsp3) is 0.267. The summed E-state index contributed by atoms with van der Waals surface area (Å²) in [6, 6.07) is 10.8. The van der Waals surface area contributed by atoms with Crippen LogP contribution in [-0.4, -0.2) is 35.5 Å². The minimum atomic E-state index is -0.222. The third-order valence-electron chi connectivity index (χ3n) is 3.04. The molecule has 4 heteroatoms. The molecular weight excluding hydrogens is 240 g/mol. The van der Waals surface area contributed by atoms with Crippen molar-refractivity contribution in [2.75, 3.05) is 13.6 Å². The summed E-state index contributed by atoms with van der Waals surface area (Å²) in [5.41, 5.74) is 5.99. The molecule has 4 nitrogen and oxygen atoms in total. The minimum absolute atomic E-state index is 0.0274. The van der Waals surface area contributed by atoms with Crippen LogP contribution < -0.4 is 5.73 Å². The summed E-state index contributed by atoms with van der Waals surface area (Å²) in [5, 5.41) is 11.8. The smallest absolute Gasteiger partial charge is 0.257 e. The standard InChI is InChI=1S/C15H18N2O2/c1-10(16)9-17(2)15(19)13-8-7-11-5-3-4-6-12(11)14(13)18/h3-8,10,18H,9,16H2,1-2H3. The van der Waals surface area contributed by atoms with Gasteiger partial charge >= 0.3 is 0 Å². The van der Waals surface area contributed by atoms with Crippen LogP contribution in [0.15, 0.2) is 36.4 Å². The number of aromatic hydroxyl groups is 1. The fourth-order valence-electron chi connectivity index (χ4n) is 2.15. The highest BCUT2D eigenvalue weighted by Gasteiger charge is 2.18. The summed E-state index contributed by atoms with van der Waals surface area (Å²) in [6.45, 7) is 2.29. The minimum Gasteiger partial charge on any atom is -0.506 e. The van der Waals surface area contributed by atoms with Crippen molar-refractivity contribution in [3.8, 4) is 5.75 Å². The normalized spacial score (nSPS) is 12.4. The SMILES string of the molecule is CC(N)CN(C)C(=O)c1ccc2ccccc2c1O. The Hall–Kier alpha value is -2.07. The van der Waals surface area contributed by atoms with Gasteiger partial charge in [-0.2, -0.15) is 0 Å². The van der Waals surface area contributed by atoms with Gasteiger partial charge in [-0.25, -0.2) is 0 Å². The van der Waals surface area contributed by atoms with E-state index in [1.54, 1.807) is 19.2 Å². The largest absolute Gasteiger partial charge is 0.506 e. The molecule has 100 valence electrons. The molecule has 0 aliphatic rings. The van der Waals surface area contributed by atoms with Crippen molar-refractivity contribution in [3.05, 3.63) is 42.0 Å². The van der Waals surface area contributed by atoms with Gasteiger partial charge in [0.15, 0.2) is 0 Å². The molecular formula is C15H18N2O2. The third kappa shape index (κ3) is 2.69. The molecule has 0 saturated heterocycles. The average molecular weight is 258 g/mol. The first-order valence-corrected chi connectivity index (χ1v) is 6.22. The number of amides is 1. The van der Waals surface area contributed by atoms with E-state index < -0.39 is 0 Å². The van der Waals surface area contributed by atoms with E-state index in [1.807, 2.05) is 31.2 Å². The van der Waals surface area contributed by atoms with E-state index in [1.165, 1.54) is 4.90 Å². The third-order valence-corrected chi connectivity index (χ3v) is 3.04. The number of hydrogen-bond acceptors (Lipinski definition) is 3. The van der Waals surface area contributed by atoms with Gasteiger partial charge in [0.1, 0.15) is 5.75 Å². The Kier molecular flexibility index (Phi) is 3.71. The number of nitrogens with two attached hydrogens (primary N) is 1. The summed E-state index contributed by atoms with van der Waals surface area (Å²) in [4.78, 5) is 13.8. The van der Waals surface area contributed by atoms with E-state index >= 15 is 0 Å². The van der Waals surface area contributed by atoms with Gasteiger partial charge in [0.2, 0.25) is 0 Å². The van der Waals surface area contributed by atoms with Crippen LogP contribution in [0, 0.1) is 0 Å². The van der Waals surface area contributed by atoms with Crippen LogP contribution in [0.5, 0.6) is 5.75 Å². The van der Waals surface area contributed by atoms with Crippen molar-refractivity contribution >= 4 is 16.7 Å². The highest BCUT2D eigenvalue weighted by Crippen LogP contribution is 2.29. The molecule has 19 heavy (non-hydrogen) atoms. The zero-order valence-corrected chi connectivity index (χ0v) is 11.1.